The number of aliphatic hydroxyl groups is 2. The van der Waals surface area contributed by atoms with Gasteiger partial charge in [0, 0.05) is 6.42 Å². The molecule has 0 aromatic carbocycles. The van der Waals surface area contributed by atoms with Crippen LogP contribution < -0.4 is 5.32 Å². The molecule has 2 atom stereocenters. The van der Waals surface area contributed by atoms with Gasteiger partial charge in [-0.25, -0.2) is 0 Å². The van der Waals surface area contributed by atoms with Crippen molar-refractivity contribution < 1.29 is 15.0 Å². The number of aliphatic hydroxyl groups excluding tert-OH is 2. The van der Waals surface area contributed by atoms with Gasteiger partial charge in [-0.3, -0.25) is 4.79 Å². The van der Waals surface area contributed by atoms with E-state index in [9.17, 15) is 15.0 Å². The third-order valence-corrected chi connectivity index (χ3v) is 8.27. The van der Waals surface area contributed by atoms with Crippen molar-refractivity contribution in [3.8, 4) is 0 Å². The van der Waals surface area contributed by atoms with Crippen LogP contribution in [0.4, 0.5) is 0 Å². The lowest BCUT2D eigenvalue weighted by atomic mass is 10.0. The highest BCUT2D eigenvalue weighted by atomic mass is 16.3. The third kappa shape index (κ3) is 28.7. The Morgan fingerprint density at radius 3 is 1.30 bits per heavy atom. The van der Waals surface area contributed by atoms with E-state index in [1.807, 2.05) is 6.08 Å². The maximum Gasteiger partial charge on any atom is 0.220 e. The summed E-state index contributed by atoms with van der Waals surface area (Å²) in [5.74, 6) is -0.0638. The van der Waals surface area contributed by atoms with Crippen molar-refractivity contribution in [1.29, 1.82) is 0 Å². The predicted octanol–water partition coefficient (Wildman–Crippen LogP) is 10.3. The van der Waals surface area contributed by atoms with Crippen molar-refractivity contribution in [3.63, 3.8) is 0 Å². The zero-order valence-corrected chi connectivity index (χ0v) is 27.1. The van der Waals surface area contributed by atoms with Crippen molar-refractivity contribution in [2.45, 2.75) is 206 Å². The largest absolute Gasteiger partial charge is 0.394 e. The SMILES string of the molecule is CCCCCCCCCCCCCCCC=C[C@@H](O)[C@H](CO)NC(=O)CCCCCCCCCCCCCCC. The van der Waals surface area contributed by atoms with Crippen LogP contribution in [-0.4, -0.2) is 34.9 Å². The first kappa shape index (κ1) is 39.1. The lowest BCUT2D eigenvalue weighted by Gasteiger charge is -2.20. The summed E-state index contributed by atoms with van der Waals surface area (Å²) in [6, 6.07) is -0.614. The third-order valence-electron chi connectivity index (χ3n) is 8.27. The summed E-state index contributed by atoms with van der Waals surface area (Å²) < 4.78 is 0. The first-order valence-corrected chi connectivity index (χ1v) is 17.9. The maximum absolute atomic E-state index is 12.3. The quantitative estimate of drug-likeness (QED) is 0.0561. The van der Waals surface area contributed by atoms with E-state index in [4.69, 9.17) is 0 Å². The molecule has 0 unspecified atom stereocenters. The van der Waals surface area contributed by atoms with Gasteiger partial charge in [-0.05, 0) is 19.3 Å². The fraction of sp³-hybridized carbons (Fsp3) is 0.917. The van der Waals surface area contributed by atoms with Crippen LogP contribution in [-0.2, 0) is 4.79 Å². The average Bonchev–Trinajstić information content (AvgIpc) is 2.96. The Balaban J connectivity index is 3.61. The number of carbonyl (C=O) groups excluding carboxylic acids is 1. The van der Waals surface area contributed by atoms with Gasteiger partial charge < -0.3 is 15.5 Å². The molecule has 0 aromatic heterocycles. The van der Waals surface area contributed by atoms with E-state index in [1.54, 1.807) is 6.08 Å². The summed E-state index contributed by atoms with van der Waals surface area (Å²) in [6.45, 7) is 4.30. The number of hydrogen-bond donors (Lipinski definition) is 3. The van der Waals surface area contributed by atoms with E-state index < -0.39 is 12.1 Å². The summed E-state index contributed by atoms with van der Waals surface area (Å²) in [5.41, 5.74) is 0. The minimum atomic E-state index is -0.831. The maximum atomic E-state index is 12.3. The van der Waals surface area contributed by atoms with Gasteiger partial charge >= 0.3 is 0 Å². The van der Waals surface area contributed by atoms with E-state index in [0.29, 0.717) is 6.42 Å². The molecule has 40 heavy (non-hydrogen) atoms. The molecule has 3 N–H and O–H groups in total. The molecule has 1 amide bonds. The second-order valence-corrected chi connectivity index (χ2v) is 12.3. The van der Waals surface area contributed by atoms with Crippen LogP contribution in [0.1, 0.15) is 194 Å². The molecule has 238 valence electrons. The minimum Gasteiger partial charge on any atom is -0.394 e. The number of rotatable bonds is 32. The molecule has 0 fully saturated rings. The zero-order chi connectivity index (χ0) is 29.4. The van der Waals surface area contributed by atoms with Crippen molar-refractivity contribution in [2.75, 3.05) is 6.61 Å². The second-order valence-electron chi connectivity index (χ2n) is 12.3. The molecule has 0 rings (SSSR count). The van der Waals surface area contributed by atoms with Gasteiger partial charge in [0.15, 0.2) is 0 Å². The molecule has 0 saturated heterocycles. The Kier molecular flexibility index (Phi) is 31.9. The van der Waals surface area contributed by atoms with Gasteiger partial charge in [0.25, 0.3) is 0 Å². The van der Waals surface area contributed by atoms with Crippen LogP contribution in [0.15, 0.2) is 12.2 Å². The summed E-state index contributed by atoms with van der Waals surface area (Å²) in [7, 11) is 0. The number of nitrogens with one attached hydrogen (secondary N) is 1. The highest BCUT2D eigenvalue weighted by Gasteiger charge is 2.17. The minimum absolute atomic E-state index is 0.0638. The number of allylic oxidation sites excluding steroid dienone is 1. The molecule has 0 radical (unpaired) electrons. The Labute approximate surface area is 250 Å². The fourth-order valence-electron chi connectivity index (χ4n) is 5.47. The van der Waals surface area contributed by atoms with Crippen molar-refractivity contribution in [3.05, 3.63) is 12.2 Å². The molecule has 0 aromatic rings. The van der Waals surface area contributed by atoms with Gasteiger partial charge in [-0.15, -0.1) is 0 Å². The van der Waals surface area contributed by atoms with Crippen LogP contribution in [0, 0.1) is 0 Å². The predicted molar refractivity (Wildman–Crippen MR) is 175 cm³/mol. The Bertz CT molecular complexity index is 536. The van der Waals surface area contributed by atoms with Gasteiger partial charge in [0.1, 0.15) is 0 Å². The molecule has 4 heteroatoms. The monoisotopic (exact) mass is 566 g/mol. The second kappa shape index (κ2) is 32.6. The Morgan fingerprint density at radius 1 is 0.575 bits per heavy atom. The normalized spacial score (nSPS) is 13.2. The molecule has 4 nitrogen and oxygen atoms in total. The Morgan fingerprint density at radius 2 is 0.925 bits per heavy atom. The summed E-state index contributed by atoms with van der Waals surface area (Å²) in [5, 5.41) is 22.9. The van der Waals surface area contributed by atoms with Crippen LogP contribution in [0.3, 0.4) is 0 Å². The summed E-state index contributed by atoms with van der Waals surface area (Å²) >= 11 is 0. The van der Waals surface area contributed by atoms with Crippen LogP contribution >= 0.6 is 0 Å². The average molecular weight is 566 g/mol. The molecule has 0 heterocycles. The summed E-state index contributed by atoms with van der Waals surface area (Å²) in [6.07, 6.45) is 38.6. The van der Waals surface area contributed by atoms with Gasteiger partial charge in [-0.1, -0.05) is 180 Å². The van der Waals surface area contributed by atoms with Gasteiger partial charge in [0.05, 0.1) is 18.8 Å². The van der Waals surface area contributed by atoms with Crippen LogP contribution in [0.2, 0.25) is 0 Å². The number of amides is 1. The molecular weight excluding hydrogens is 494 g/mol. The number of unbranched alkanes of at least 4 members (excludes halogenated alkanes) is 25. The lowest BCUT2D eigenvalue weighted by molar-refractivity contribution is -0.123. The molecule has 0 aliphatic carbocycles. The zero-order valence-electron chi connectivity index (χ0n) is 27.1. The Hall–Kier alpha value is -0.870. The van der Waals surface area contributed by atoms with E-state index in [0.717, 1.165) is 25.7 Å². The topological polar surface area (TPSA) is 69.6 Å². The van der Waals surface area contributed by atoms with Gasteiger partial charge in [-0.2, -0.15) is 0 Å². The van der Waals surface area contributed by atoms with E-state index in [1.165, 1.54) is 148 Å². The van der Waals surface area contributed by atoms with Crippen molar-refractivity contribution in [1.82, 2.24) is 5.32 Å². The molecule has 0 aliphatic heterocycles. The molecule has 0 saturated carbocycles. The van der Waals surface area contributed by atoms with E-state index >= 15 is 0 Å². The van der Waals surface area contributed by atoms with E-state index in [2.05, 4.69) is 19.2 Å². The summed E-state index contributed by atoms with van der Waals surface area (Å²) in [4.78, 5) is 12.3. The molecule has 0 bridgehead atoms. The standard InChI is InChI=1S/C36H71NO3/c1-3-5-7-9-11-13-15-17-18-20-21-23-25-27-29-31-35(39)34(33-38)37-36(40)32-30-28-26-24-22-19-16-14-12-10-8-6-4-2/h29,31,34-35,38-39H,3-28,30,32-33H2,1-2H3,(H,37,40)/t34-,35+/m0/s1. The first-order chi connectivity index (χ1) is 19.7. The van der Waals surface area contributed by atoms with Crippen molar-refractivity contribution >= 4 is 5.91 Å². The molecule has 0 spiro atoms. The smallest absolute Gasteiger partial charge is 0.220 e. The fourth-order valence-corrected chi connectivity index (χ4v) is 5.47. The van der Waals surface area contributed by atoms with E-state index in [-0.39, 0.29) is 12.5 Å². The first-order valence-electron chi connectivity index (χ1n) is 17.9. The highest BCUT2D eigenvalue weighted by molar-refractivity contribution is 5.76. The highest BCUT2D eigenvalue weighted by Crippen LogP contribution is 2.14. The molecule has 0 aliphatic rings. The molecular formula is C36H71NO3. The van der Waals surface area contributed by atoms with Crippen LogP contribution in [0.5, 0.6) is 0 Å². The van der Waals surface area contributed by atoms with Crippen molar-refractivity contribution in [2.24, 2.45) is 0 Å². The van der Waals surface area contributed by atoms with Crippen LogP contribution in [0.25, 0.3) is 0 Å². The van der Waals surface area contributed by atoms with Gasteiger partial charge in [0.2, 0.25) is 5.91 Å². The number of carbonyl (C=O) groups is 1. The number of hydrogen-bond acceptors (Lipinski definition) is 3. The lowest BCUT2D eigenvalue weighted by Crippen LogP contribution is -2.45.